The van der Waals surface area contributed by atoms with Crippen LogP contribution in [0, 0.1) is 11.8 Å². The molecule has 5 rings (SSSR count). The van der Waals surface area contributed by atoms with E-state index in [1.165, 1.54) is 12.0 Å². The number of rotatable bonds is 5. The van der Waals surface area contributed by atoms with Gasteiger partial charge in [0.05, 0.1) is 0 Å². The number of amides is 1. The first-order valence-corrected chi connectivity index (χ1v) is 11.7. The topological polar surface area (TPSA) is 62.5 Å². The average molecular weight is 431 g/mol. The summed E-state index contributed by atoms with van der Waals surface area (Å²) < 4.78 is 5.90. The van der Waals surface area contributed by atoms with Crippen LogP contribution in [0.4, 0.5) is 6.01 Å². The Balaban J connectivity index is 1.15. The van der Waals surface area contributed by atoms with Crippen molar-refractivity contribution in [2.24, 2.45) is 11.8 Å². The zero-order chi connectivity index (χ0) is 21.8. The van der Waals surface area contributed by atoms with E-state index >= 15 is 0 Å². The molecule has 1 atom stereocenters. The lowest BCUT2D eigenvalue weighted by molar-refractivity contribution is -0.138. The van der Waals surface area contributed by atoms with Gasteiger partial charge in [0.25, 0.3) is 0 Å². The minimum absolute atomic E-state index is 0.0956. The molecule has 6 nitrogen and oxygen atoms in total. The Labute approximate surface area is 189 Å². The maximum absolute atomic E-state index is 13.2. The molecule has 0 saturated carbocycles. The van der Waals surface area contributed by atoms with Gasteiger partial charge in [0.15, 0.2) is 0 Å². The molecule has 3 heterocycles. The first-order valence-electron chi connectivity index (χ1n) is 11.7. The van der Waals surface area contributed by atoms with Crippen molar-refractivity contribution in [3.8, 4) is 11.5 Å². The SMILES string of the molecule is O=C(C1CCN(c2nnc(-c3ccccc3)o2)CC1)N1CCCC(Cc2ccccc2)C1. The second-order valence-corrected chi connectivity index (χ2v) is 9.00. The fourth-order valence-corrected chi connectivity index (χ4v) is 5.00. The Morgan fingerprint density at radius 3 is 2.38 bits per heavy atom. The van der Waals surface area contributed by atoms with Gasteiger partial charge in [-0.1, -0.05) is 53.6 Å². The van der Waals surface area contributed by atoms with Crippen LogP contribution in [0.2, 0.25) is 0 Å². The minimum atomic E-state index is 0.0956. The van der Waals surface area contributed by atoms with Gasteiger partial charge in [-0.05, 0) is 55.7 Å². The van der Waals surface area contributed by atoms with Gasteiger partial charge in [-0.3, -0.25) is 4.79 Å². The molecular formula is C26H30N4O2. The summed E-state index contributed by atoms with van der Waals surface area (Å²) in [5, 5.41) is 8.44. The van der Waals surface area contributed by atoms with E-state index in [4.69, 9.17) is 4.42 Å². The zero-order valence-corrected chi connectivity index (χ0v) is 18.4. The number of benzene rings is 2. The molecule has 1 amide bonds. The van der Waals surface area contributed by atoms with Crippen LogP contribution in [0.25, 0.3) is 11.5 Å². The van der Waals surface area contributed by atoms with Gasteiger partial charge in [-0.15, -0.1) is 5.10 Å². The molecule has 6 heteroatoms. The van der Waals surface area contributed by atoms with Crippen molar-refractivity contribution in [1.82, 2.24) is 15.1 Å². The molecule has 2 aliphatic rings. The lowest BCUT2D eigenvalue weighted by Gasteiger charge is -2.37. The van der Waals surface area contributed by atoms with Gasteiger partial charge in [0, 0.05) is 37.7 Å². The van der Waals surface area contributed by atoms with Crippen molar-refractivity contribution in [3.63, 3.8) is 0 Å². The minimum Gasteiger partial charge on any atom is -0.403 e. The number of hydrogen-bond acceptors (Lipinski definition) is 5. The summed E-state index contributed by atoms with van der Waals surface area (Å²) in [5.74, 6) is 1.53. The molecule has 2 fully saturated rings. The van der Waals surface area contributed by atoms with Crippen molar-refractivity contribution in [3.05, 3.63) is 66.2 Å². The second-order valence-electron chi connectivity index (χ2n) is 9.00. The highest BCUT2D eigenvalue weighted by Crippen LogP contribution is 2.28. The molecule has 0 N–H and O–H groups in total. The molecule has 0 bridgehead atoms. The predicted octanol–water partition coefficient (Wildman–Crippen LogP) is 4.43. The number of carbonyl (C=O) groups excluding carboxylic acids is 1. The largest absolute Gasteiger partial charge is 0.403 e. The quantitative estimate of drug-likeness (QED) is 0.599. The Bertz CT molecular complexity index is 1010. The van der Waals surface area contributed by atoms with E-state index in [-0.39, 0.29) is 5.92 Å². The Morgan fingerprint density at radius 1 is 0.906 bits per heavy atom. The monoisotopic (exact) mass is 430 g/mol. The van der Waals surface area contributed by atoms with Crippen LogP contribution >= 0.6 is 0 Å². The van der Waals surface area contributed by atoms with E-state index in [0.29, 0.717) is 23.7 Å². The van der Waals surface area contributed by atoms with E-state index in [9.17, 15) is 4.79 Å². The smallest absolute Gasteiger partial charge is 0.318 e. The third kappa shape index (κ3) is 4.69. The maximum atomic E-state index is 13.2. The van der Waals surface area contributed by atoms with Gasteiger partial charge >= 0.3 is 6.01 Å². The molecule has 0 radical (unpaired) electrons. The number of carbonyl (C=O) groups is 1. The van der Waals surface area contributed by atoms with E-state index in [1.54, 1.807) is 0 Å². The summed E-state index contributed by atoms with van der Waals surface area (Å²) >= 11 is 0. The van der Waals surface area contributed by atoms with Crippen LogP contribution in [0.5, 0.6) is 0 Å². The second kappa shape index (κ2) is 9.55. The van der Waals surface area contributed by atoms with Gasteiger partial charge in [0.2, 0.25) is 11.8 Å². The van der Waals surface area contributed by atoms with E-state index in [1.807, 2.05) is 30.3 Å². The van der Waals surface area contributed by atoms with Crippen molar-refractivity contribution >= 4 is 11.9 Å². The lowest BCUT2D eigenvalue weighted by atomic mass is 9.89. The van der Waals surface area contributed by atoms with Gasteiger partial charge in [-0.25, -0.2) is 0 Å². The summed E-state index contributed by atoms with van der Waals surface area (Å²) in [4.78, 5) is 17.5. The van der Waals surface area contributed by atoms with Crippen LogP contribution in [0.1, 0.15) is 31.2 Å². The molecule has 0 spiro atoms. The number of nitrogens with zero attached hydrogens (tertiary/aromatic N) is 4. The normalized spacial score (nSPS) is 19.8. The van der Waals surface area contributed by atoms with E-state index < -0.39 is 0 Å². The first kappa shape index (κ1) is 20.7. The molecule has 166 valence electrons. The van der Waals surface area contributed by atoms with Crippen LogP contribution in [0.15, 0.2) is 65.1 Å². The van der Waals surface area contributed by atoms with Crippen LogP contribution in [-0.4, -0.2) is 47.2 Å². The Morgan fingerprint density at radius 2 is 1.62 bits per heavy atom. The van der Waals surface area contributed by atoms with Gasteiger partial charge in [-0.2, -0.15) is 0 Å². The van der Waals surface area contributed by atoms with Crippen molar-refractivity contribution in [2.75, 3.05) is 31.1 Å². The summed E-state index contributed by atoms with van der Waals surface area (Å²) in [7, 11) is 0. The molecule has 3 aromatic rings. The number of anilines is 1. The highest BCUT2D eigenvalue weighted by Gasteiger charge is 2.32. The molecule has 2 aliphatic heterocycles. The summed E-state index contributed by atoms with van der Waals surface area (Å²) in [5.41, 5.74) is 2.29. The highest BCUT2D eigenvalue weighted by molar-refractivity contribution is 5.79. The van der Waals surface area contributed by atoms with Crippen LogP contribution < -0.4 is 4.90 Å². The van der Waals surface area contributed by atoms with Gasteiger partial charge < -0.3 is 14.2 Å². The highest BCUT2D eigenvalue weighted by atomic mass is 16.4. The molecular weight excluding hydrogens is 400 g/mol. The number of hydrogen-bond donors (Lipinski definition) is 0. The molecule has 1 unspecified atom stereocenters. The van der Waals surface area contributed by atoms with Crippen LogP contribution in [-0.2, 0) is 11.2 Å². The Kier molecular flexibility index (Phi) is 6.19. The molecule has 1 aromatic heterocycles. The lowest BCUT2D eigenvalue weighted by Crippen LogP contribution is -2.46. The van der Waals surface area contributed by atoms with Crippen molar-refractivity contribution in [1.29, 1.82) is 0 Å². The van der Waals surface area contributed by atoms with Crippen molar-refractivity contribution < 1.29 is 9.21 Å². The number of aromatic nitrogens is 2. The first-order chi connectivity index (χ1) is 15.8. The van der Waals surface area contributed by atoms with Crippen LogP contribution in [0.3, 0.4) is 0 Å². The van der Waals surface area contributed by atoms with Crippen molar-refractivity contribution in [2.45, 2.75) is 32.1 Å². The summed E-state index contributed by atoms with van der Waals surface area (Å²) in [6.07, 6.45) is 5.04. The average Bonchev–Trinajstić information content (AvgIpc) is 3.36. The van der Waals surface area contributed by atoms with Gasteiger partial charge in [0.1, 0.15) is 0 Å². The molecule has 32 heavy (non-hydrogen) atoms. The molecule has 2 saturated heterocycles. The summed E-state index contributed by atoms with van der Waals surface area (Å²) in [6, 6.07) is 21.0. The number of likely N-dealkylation sites (tertiary alicyclic amines) is 1. The third-order valence-electron chi connectivity index (χ3n) is 6.75. The Hall–Kier alpha value is -3.15. The fourth-order valence-electron chi connectivity index (χ4n) is 5.00. The summed E-state index contributed by atoms with van der Waals surface area (Å²) in [6.45, 7) is 3.33. The predicted molar refractivity (Wildman–Crippen MR) is 124 cm³/mol. The fraction of sp³-hybridized carbons (Fsp3) is 0.423. The van der Waals surface area contributed by atoms with E-state index in [2.05, 4.69) is 50.3 Å². The standard InChI is InChI=1S/C26H30N4O2/c31-25(30-15-7-10-21(19-30)18-20-8-3-1-4-9-20)23-13-16-29(17-14-23)26-28-27-24(32-26)22-11-5-2-6-12-22/h1-6,8-9,11-12,21,23H,7,10,13-19H2. The third-order valence-corrected chi connectivity index (χ3v) is 6.75. The maximum Gasteiger partial charge on any atom is 0.318 e. The molecule has 2 aromatic carbocycles. The molecule has 0 aliphatic carbocycles. The van der Waals surface area contributed by atoms with E-state index in [0.717, 1.165) is 57.4 Å². The number of piperidine rings is 2. The zero-order valence-electron chi connectivity index (χ0n) is 18.4.